The molecule has 160 valence electrons. The van der Waals surface area contributed by atoms with Gasteiger partial charge in [-0.15, -0.1) is 0 Å². The number of nitrogens with zero attached hydrogens (tertiary/aromatic N) is 5. The van der Waals surface area contributed by atoms with Crippen molar-refractivity contribution in [3.63, 3.8) is 0 Å². The molecule has 1 aromatic heterocycles. The molecule has 1 amide bonds. The van der Waals surface area contributed by atoms with Crippen LogP contribution in [0.25, 0.3) is 11.1 Å². The number of piperidine rings is 1. The van der Waals surface area contributed by atoms with Gasteiger partial charge in [-0.05, 0) is 36.1 Å². The Morgan fingerprint density at radius 2 is 1.66 bits per heavy atom. The first kappa shape index (κ1) is 20.2. The van der Waals surface area contributed by atoms with E-state index in [1.165, 1.54) is 0 Å². The van der Waals surface area contributed by atoms with E-state index in [9.17, 15) is 10.1 Å². The summed E-state index contributed by atoms with van der Waals surface area (Å²) in [5.41, 5.74) is 5.01. The van der Waals surface area contributed by atoms with Crippen molar-refractivity contribution in [1.82, 2.24) is 14.9 Å². The Bertz CT molecular complexity index is 1150. The molecule has 6 heteroatoms. The summed E-state index contributed by atoms with van der Waals surface area (Å²) in [4.78, 5) is 26.5. The van der Waals surface area contributed by atoms with Gasteiger partial charge in [0, 0.05) is 43.1 Å². The third-order valence-corrected chi connectivity index (χ3v) is 6.48. The van der Waals surface area contributed by atoms with Gasteiger partial charge in [0.05, 0.1) is 18.3 Å². The van der Waals surface area contributed by atoms with Crippen molar-refractivity contribution >= 4 is 11.7 Å². The maximum Gasteiger partial charge on any atom is 0.254 e. The normalized spacial score (nSPS) is 16.3. The molecule has 0 radical (unpaired) electrons. The summed E-state index contributed by atoms with van der Waals surface area (Å²) in [6, 6.07) is 20.4. The monoisotopic (exact) mass is 423 g/mol. The van der Waals surface area contributed by atoms with Crippen LogP contribution in [0.15, 0.2) is 60.9 Å². The van der Waals surface area contributed by atoms with Gasteiger partial charge in [0.15, 0.2) is 0 Å². The maximum atomic E-state index is 13.3. The molecule has 0 atom stereocenters. The number of fused-ring (bicyclic) bond motifs is 1. The number of carbonyl (C=O) groups is 1. The van der Waals surface area contributed by atoms with Crippen molar-refractivity contribution in [2.45, 2.75) is 25.8 Å². The van der Waals surface area contributed by atoms with Crippen molar-refractivity contribution < 1.29 is 4.79 Å². The van der Waals surface area contributed by atoms with E-state index in [1.807, 2.05) is 47.4 Å². The van der Waals surface area contributed by atoms with Gasteiger partial charge in [-0.3, -0.25) is 4.79 Å². The summed E-state index contributed by atoms with van der Waals surface area (Å²) in [5.74, 6) is 1.08. The van der Waals surface area contributed by atoms with Crippen molar-refractivity contribution in [1.29, 1.82) is 5.26 Å². The molecular weight excluding hydrogens is 398 g/mol. The molecule has 1 saturated heterocycles. The molecule has 0 unspecified atom stereocenters. The Kier molecular flexibility index (Phi) is 5.55. The van der Waals surface area contributed by atoms with Crippen LogP contribution >= 0.6 is 0 Å². The van der Waals surface area contributed by atoms with Gasteiger partial charge in [0.25, 0.3) is 5.91 Å². The van der Waals surface area contributed by atoms with E-state index in [0.717, 1.165) is 60.6 Å². The summed E-state index contributed by atoms with van der Waals surface area (Å²) >= 11 is 0. The zero-order chi connectivity index (χ0) is 21.9. The highest BCUT2D eigenvalue weighted by Gasteiger charge is 2.28. The summed E-state index contributed by atoms with van der Waals surface area (Å²) in [5, 5.41) is 9.19. The van der Waals surface area contributed by atoms with Crippen LogP contribution in [0.3, 0.4) is 0 Å². The Morgan fingerprint density at radius 3 is 2.38 bits per heavy atom. The van der Waals surface area contributed by atoms with Crippen LogP contribution in [0, 0.1) is 17.2 Å². The minimum Gasteiger partial charge on any atom is -0.356 e. The zero-order valence-corrected chi connectivity index (χ0v) is 17.9. The first-order valence-corrected chi connectivity index (χ1v) is 11.1. The number of carbonyl (C=O) groups excluding carboxylic acids is 1. The van der Waals surface area contributed by atoms with Gasteiger partial charge in [-0.2, -0.15) is 5.26 Å². The topological polar surface area (TPSA) is 73.1 Å². The standard InChI is InChI=1S/C26H25N5O/c27-16-19-10-13-30(14-11-19)25-23-17-31(15-12-24(23)28-18-29-25)26(32)22-8-6-21(7-9-22)20-4-2-1-3-5-20/h1-9,18-19H,10-15,17H2. The minimum absolute atomic E-state index is 0.0354. The van der Waals surface area contributed by atoms with Crippen LogP contribution < -0.4 is 4.90 Å². The highest BCUT2D eigenvalue weighted by molar-refractivity contribution is 5.95. The first-order valence-electron chi connectivity index (χ1n) is 11.1. The second-order valence-corrected chi connectivity index (χ2v) is 8.43. The van der Waals surface area contributed by atoms with Gasteiger partial charge < -0.3 is 9.80 Å². The van der Waals surface area contributed by atoms with Crippen LogP contribution in [0.1, 0.15) is 34.5 Å². The van der Waals surface area contributed by atoms with Crippen LogP contribution in [0.5, 0.6) is 0 Å². The lowest BCUT2D eigenvalue weighted by atomic mass is 9.97. The highest BCUT2D eigenvalue weighted by Crippen LogP contribution is 2.30. The van der Waals surface area contributed by atoms with Crippen molar-refractivity contribution in [2.24, 2.45) is 5.92 Å². The molecule has 3 heterocycles. The number of nitriles is 1. The van der Waals surface area contributed by atoms with E-state index in [4.69, 9.17) is 0 Å². The Labute approximate surface area is 188 Å². The zero-order valence-electron chi connectivity index (χ0n) is 17.9. The second kappa shape index (κ2) is 8.80. The fourth-order valence-electron chi connectivity index (χ4n) is 4.61. The average molecular weight is 424 g/mol. The van der Waals surface area contributed by atoms with Crippen LogP contribution in [-0.4, -0.2) is 40.4 Å². The first-order chi connectivity index (χ1) is 15.7. The Morgan fingerprint density at radius 1 is 0.938 bits per heavy atom. The largest absolute Gasteiger partial charge is 0.356 e. The molecule has 0 spiro atoms. The Hall–Kier alpha value is -3.72. The maximum absolute atomic E-state index is 13.3. The van der Waals surface area contributed by atoms with E-state index in [0.29, 0.717) is 18.7 Å². The molecule has 32 heavy (non-hydrogen) atoms. The Balaban J connectivity index is 1.34. The van der Waals surface area contributed by atoms with Crippen LogP contribution in [0.2, 0.25) is 0 Å². The summed E-state index contributed by atoms with van der Waals surface area (Å²) in [6.07, 6.45) is 4.06. The summed E-state index contributed by atoms with van der Waals surface area (Å²) < 4.78 is 0. The van der Waals surface area contributed by atoms with Crippen molar-refractivity contribution in [2.75, 3.05) is 24.5 Å². The van der Waals surface area contributed by atoms with E-state index in [-0.39, 0.29) is 11.8 Å². The van der Waals surface area contributed by atoms with Gasteiger partial charge in [0.1, 0.15) is 12.1 Å². The van der Waals surface area contributed by atoms with Crippen molar-refractivity contribution in [3.8, 4) is 17.2 Å². The molecule has 0 bridgehead atoms. The molecule has 5 rings (SSSR count). The molecule has 0 aliphatic carbocycles. The molecule has 2 aromatic carbocycles. The molecule has 2 aliphatic heterocycles. The summed E-state index contributed by atoms with van der Waals surface area (Å²) in [7, 11) is 0. The fourth-order valence-corrected chi connectivity index (χ4v) is 4.61. The van der Waals surface area contributed by atoms with Gasteiger partial charge in [-0.25, -0.2) is 9.97 Å². The third kappa shape index (κ3) is 3.94. The number of anilines is 1. The van der Waals surface area contributed by atoms with Crippen LogP contribution in [-0.2, 0) is 13.0 Å². The number of hydrogen-bond acceptors (Lipinski definition) is 5. The SMILES string of the molecule is N#CC1CCN(c2ncnc3c2CN(C(=O)c2ccc(-c4ccccc4)cc2)CC3)CC1. The summed E-state index contributed by atoms with van der Waals surface area (Å²) in [6.45, 7) is 2.80. The smallest absolute Gasteiger partial charge is 0.254 e. The number of benzene rings is 2. The number of rotatable bonds is 3. The van der Waals surface area contributed by atoms with E-state index >= 15 is 0 Å². The van der Waals surface area contributed by atoms with Crippen molar-refractivity contribution in [3.05, 3.63) is 77.7 Å². The molecule has 0 N–H and O–H groups in total. The lowest BCUT2D eigenvalue weighted by Crippen LogP contribution is -2.39. The molecule has 3 aromatic rings. The average Bonchev–Trinajstić information content (AvgIpc) is 2.88. The molecule has 6 nitrogen and oxygen atoms in total. The number of hydrogen-bond donors (Lipinski definition) is 0. The minimum atomic E-state index is 0.0354. The molecule has 2 aliphatic rings. The second-order valence-electron chi connectivity index (χ2n) is 8.43. The van der Waals surface area contributed by atoms with E-state index < -0.39 is 0 Å². The molecular formula is C26H25N5O. The van der Waals surface area contributed by atoms with E-state index in [1.54, 1.807) is 6.33 Å². The number of aromatic nitrogens is 2. The predicted octanol–water partition coefficient (Wildman–Crippen LogP) is 4.08. The highest BCUT2D eigenvalue weighted by atomic mass is 16.2. The molecule has 1 fully saturated rings. The fraction of sp³-hybridized carbons (Fsp3) is 0.308. The molecule has 0 saturated carbocycles. The van der Waals surface area contributed by atoms with Gasteiger partial charge in [-0.1, -0.05) is 42.5 Å². The van der Waals surface area contributed by atoms with Gasteiger partial charge >= 0.3 is 0 Å². The lowest BCUT2D eigenvalue weighted by molar-refractivity contribution is 0.0733. The van der Waals surface area contributed by atoms with Gasteiger partial charge in [0.2, 0.25) is 0 Å². The predicted molar refractivity (Wildman–Crippen MR) is 123 cm³/mol. The lowest BCUT2D eigenvalue weighted by Gasteiger charge is -2.35. The van der Waals surface area contributed by atoms with Crippen LogP contribution in [0.4, 0.5) is 5.82 Å². The number of amides is 1. The van der Waals surface area contributed by atoms with E-state index in [2.05, 4.69) is 33.1 Å². The quantitative estimate of drug-likeness (QED) is 0.635. The third-order valence-electron chi connectivity index (χ3n) is 6.48.